The van der Waals surface area contributed by atoms with E-state index in [1.165, 1.54) is 6.20 Å². The van der Waals surface area contributed by atoms with Gasteiger partial charge in [-0.05, 0) is 24.1 Å². The second kappa shape index (κ2) is 8.36. The molecule has 0 amide bonds. The molecule has 0 N–H and O–H groups in total. The number of ether oxygens (including phenoxy) is 2. The number of aromatic nitrogens is 2. The summed E-state index contributed by atoms with van der Waals surface area (Å²) in [6, 6.07) is 7.73. The molecule has 1 aromatic carbocycles. The zero-order chi connectivity index (χ0) is 18.5. The molecular weight excluding hydrogens is 354 g/mol. The number of esters is 1. The van der Waals surface area contributed by atoms with Gasteiger partial charge < -0.3 is 14.4 Å². The smallest absolute Gasteiger partial charge is 0.309 e. The molecule has 1 aliphatic heterocycles. The van der Waals surface area contributed by atoms with Gasteiger partial charge in [-0.25, -0.2) is 4.98 Å². The van der Waals surface area contributed by atoms with E-state index < -0.39 is 0 Å². The molecule has 1 aromatic heterocycles. The van der Waals surface area contributed by atoms with Crippen molar-refractivity contribution in [2.75, 3.05) is 25.1 Å². The summed E-state index contributed by atoms with van der Waals surface area (Å²) in [6.07, 6.45) is 4.44. The molecule has 0 aliphatic carbocycles. The van der Waals surface area contributed by atoms with Gasteiger partial charge in [0.15, 0.2) is 0 Å². The third kappa shape index (κ3) is 4.64. The summed E-state index contributed by atoms with van der Waals surface area (Å²) in [5.41, 5.74) is 1.08. The lowest BCUT2D eigenvalue weighted by atomic mass is 10.0. The third-order valence-corrected chi connectivity index (χ3v) is 4.63. The Labute approximate surface area is 158 Å². The van der Waals surface area contributed by atoms with Crippen molar-refractivity contribution in [2.45, 2.75) is 25.9 Å². The van der Waals surface area contributed by atoms with Crippen molar-refractivity contribution in [2.24, 2.45) is 5.92 Å². The van der Waals surface area contributed by atoms with Gasteiger partial charge in [0, 0.05) is 13.0 Å². The minimum atomic E-state index is -0.205. The summed E-state index contributed by atoms with van der Waals surface area (Å²) in [5.74, 6) is 1.13. The van der Waals surface area contributed by atoms with Gasteiger partial charge in [0.25, 0.3) is 0 Å². The molecule has 1 saturated heterocycles. The van der Waals surface area contributed by atoms with E-state index in [1.54, 1.807) is 13.3 Å². The van der Waals surface area contributed by atoms with Crippen LogP contribution in [0.1, 0.15) is 18.9 Å². The average Bonchev–Trinajstić information content (AvgIpc) is 3.11. The first-order valence-corrected chi connectivity index (χ1v) is 8.99. The number of carbonyl (C=O) groups is 1. The highest BCUT2D eigenvalue weighted by Gasteiger charge is 2.28. The lowest BCUT2D eigenvalue weighted by Crippen LogP contribution is -2.28. The Bertz CT molecular complexity index is 754. The van der Waals surface area contributed by atoms with E-state index in [9.17, 15) is 4.79 Å². The van der Waals surface area contributed by atoms with Gasteiger partial charge in [0.1, 0.15) is 22.8 Å². The van der Waals surface area contributed by atoms with Gasteiger partial charge in [-0.15, -0.1) is 0 Å². The van der Waals surface area contributed by atoms with Crippen molar-refractivity contribution in [3.05, 3.63) is 47.4 Å². The van der Waals surface area contributed by atoms with E-state index >= 15 is 0 Å². The van der Waals surface area contributed by atoms with E-state index in [2.05, 4.69) is 9.97 Å². The van der Waals surface area contributed by atoms with E-state index in [0.29, 0.717) is 23.9 Å². The summed E-state index contributed by atoms with van der Waals surface area (Å²) in [5, 5.41) is 0.357. The molecule has 138 valence electrons. The molecule has 6 nitrogen and oxygen atoms in total. The molecule has 3 rings (SSSR count). The van der Waals surface area contributed by atoms with Crippen molar-refractivity contribution >= 4 is 23.4 Å². The number of nitrogens with zero attached hydrogens (tertiary/aromatic N) is 3. The first-order valence-electron chi connectivity index (χ1n) is 8.61. The molecule has 7 heteroatoms. The zero-order valence-corrected chi connectivity index (χ0v) is 15.6. The van der Waals surface area contributed by atoms with E-state index in [0.717, 1.165) is 24.3 Å². The molecule has 0 saturated carbocycles. The first-order chi connectivity index (χ1) is 12.5. The maximum atomic E-state index is 12.4. The summed E-state index contributed by atoms with van der Waals surface area (Å²) in [4.78, 5) is 22.7. The second-order valence-electron chi connectivity index (χ2n) is 6.45. The average molecular weight is 376 g/mol. The molecule has 2 atom stereocenters. The predicted octanol–water partition coefficient (Wildman–Crippen LogP) is 3.14. The molecule has 2 heterocycles. The SMILES string of the molecule is COc1ccc(CC(C)C(=O)O[C@H]2CCN(c3cncc(Cl)n3)C2)cc1. The molecule has 1 unspecified atom stereocenters. The van der Waals surface area contributed by atoms with Crippen LogP contribution in [0.3, 0.4) is 0 Å². The summed E-state index contributed by atoms with van der Waals surface area (Å²) >= 11 is 5.89. The number of rotatable bonds is 6. The van der Waals surface area contributed by atoms with Crippen LogP contribution in [0.25, 0.3) is 0 Å². The van der Waals surface area contributed by atoms with Crippen LogP contribution in [0.15, 0.2) is 36.7 Å². The van der Waals surface area contributed by atoms with Gasteiger partial charge >= 0.3 is 5.97 Å². The Kier molecular flexibility index (Phi) is 5.93. The minimum Gasteiger partial charge on any atom is -0.497 e. The number of benzene rings is 1. The maximum absolute atomic E-state index is 12.4. The molecule has 1 fully saturated rings. The quantitative estimate of drug-likeness (QED) is 0.723. The monoisotopic (exact) mass is 375 g/mol. The molecular formula is C19H22ClN3O3. The van der Waals surface area contributed by atoms with Crippen LogP contribution < -0.4 is 9.64 Å². The van der Waals surface area contributed by atoms with Crippen molar-refractivity contribution in [1.82, 2.24) is 9.97 Å². The number of halogens is 1. The lowest BCUT2D eigenvalue weighted by molar-refractivity contribution is -0.152. The summed E-state index contributed by atoms with van der Waals surface area (Å²) < 4.78 is 10.8. The fourth-order valence-electron chi connectivity index (χ4n) is 3.00. The van der Waals surface area contributed by atoms with E-state index in [1.807, 2.05) is 36.1 Å². The van der Waals surface area contributed by atoms with Crippen LogP contribution in [0.2, 0.25) is 5.15 Å². The molecule has 0 radical (unpaired) electrons. The largest absolute Gasteiger partial charge is 0.497 e. The Hall–Kier alpha value is -2.34. The van der Waals surface area contributed by atoms with Gasteiger partial charge in [-0.1, -0.05) is 30.7 Å². The van der Waals surface area contributed by atoms with Crippen LogP contribution in [0.5, 0.6) is 5.75 Å². The predicted molar refractivity (Wildman–Crippen MR) is 99.6 cm³/mol. The van der Waals surface area contributed by atoms with E-state index in [-0.39, 0.29) is 18.0 Å². The number of hydrogen-bond donors (Lipinski definition) is 0. The second-order valence-corrected chi connectivity index (χ2v) is 6.83. The third-order valence-electron chi connectivity index (χ3n) is 4.45. The number of carbonyl (C=O) groups excluding carboxylic acids is 1. The Balaban J connectivity index is 1.51. The van der Waals surface area contributed by atoms with Gasteiger partial charge in [0.05, 0.1) is 32.0 Å². The van der Waals surface area contributed by atoms with E-state index in [4.69, 9.17) is 21.1 Å². The molecule has 2 aromatic rings. The van der Waals surface area contributed by atoms with Crippen LogP contribution in [0.4, 0.5) is 5.82 Å². The lowest BCUT2D eigenvalue weighted by Gasteiger charge is -2.18. The maximum Gasteiger partial charge on any atom is 0.309 e. The Morgan fingerprint density at radius 2 is 2.12 bits per heavy atom. The minimum absolute atomic E-state index is 0.137. The zero-order valence-electron chi connectivity index (χ0n) is 14.9. The Morgan fingerprint density at radius 3 is 2.81 bits per heavy atom. The van der Waals surface area contributed by atoms with Crippen LogP contribution in [-0.2, 0) is 16.0 Å². The highest BCUT2D eigenvalue weighted by atomic mass is 35.5. The summed E-state index contributed by atoms with van der Waals surface area (Å²) in [7, 11) is 1.63. The standard InChI is InChI=1S/C19H22ClN3O3/c1-13(9-14-3-5-15(25-2)6-4-14)19(24)26-16-7-8-23(12-16)18-11-21-10-17(20)22-18/h3-6,10-11,13,16H,7-9,12H2,1-2H3/t13?,16-/m0/s1. The molecule has 0 spiro atoms. The topological polar surface area (TPSA) is 64.6 Å². The van der Waals surface area contributed by atoms with Crippen LogP contribution >= 0.6 is 11.6 Å². The highest BCUT2D eigenvalue weighted by Crippen LogP contribution is 2.22. The fourth-order valence-corrected chi connectivity index (χ4v) is 3.14. The van der Waals surface area contributed by atoms with Crippen molar-refractivity contribution in [3.63, 3.8) is 0 Å². The van der Waals surface area contributed by atoms with Gasteiger partial charge in [0.2, 0.25) is 0 Å². The normalized spacial score (nSPS) is 17.8. The van der Waals surface area contributed by atoms with Crippen LogP contribution in [0, 0.1) is 5.92 Å². The highest BCUT2D eigenvalue weighted by molar-refractivity contribution is 6.29. The van der Waals surface area contributed by atoms with Crippen molar-refractivity contribution in [1.29, 1.82) is 0 Å². The fraction of sp³-hybridized carbons (Fsp3) is 0.421. The van der Waals surface area contributed by atoms with Crippen molar-refractivity contribution in [3.8, 4) is 5.75 Å². The van der Waals surface area contributed by atoms with Gasteiger partial charge in [-0.2, -0.15) is 0 Å². The summed E-state index contributed by atoms with van der Waals surface area (Å²) in [6.45, 7) is 3.26. The first kappa shape index (κ1) is 18.5. The number of methoxy groups -OCH3 is 1. The van der Waals surface area contributed by atoms with Crippen LogP contribution in [-0.4, -0.2) is 42.2 Å². The molecule has 0 bridgehead atoms. The number of anilines is 1. The number of hydrogen-bond acceptors (Lipinski definition) is 6. The van der Waals surface area contributed by atoms with Gasteiger partial charge in [-0.3, -0.25) is 9.78 Å². The Morgan fingerprint density at radius 1 is 1.35 bits per heavy atom. The molecule has 26 heavy (non-hydrogen) atoms. The molecule has 1 aliphatic rings. The van der Waals surface area contributed by atoms with Crippen molar-refractivity contribution < 1.29 is 14.3 Å².